The first-order valence-corrected chi connectivity index (χ1v) is 14.7. The summed E-state index contributed by atoms with van der Waals surface area (Å²) >= 11 is 0. The third-order valence-electron chi connectivity index (χ3n) is 7.48. The molecule has 0 unspecified atom stereocenters. The van der Waals surface area contributed by atoms with Gasteiger partial charge in [0, 0.05) is 29.4 Å². The van der Waals surface area contributed by atoms with Crippen LogP contribution in [0.25, 0.3) is 0 Å². The van der Waals surface area contributed by atoms with Gasteiger partial charge in [0.1, 0.15) is 18.0 Å². The summed E-state index contributed by atoms with van der Waals surface area (Å²) in [4.78, 5) is 33.5. The minimum Gasteiger partial charge on any atom is -0.362 e. The molecular formula is C28H35N7O3S. The highest BCUT2D eigenvalue weighted by Crippen LogP contribution is 2.41. The Morgan fingerprint density at radius 2 is 1.85 bits per heavy atom. The number of nitrogens with zero attached hydrogens (tertiary/aromatic N) is 5. The topological polar surface area (TPSA) is 130 Å². The van der Waals surface area contributed by atoms with Crippen LogP contribution in [-0.2, 0) is 15.4 Å². The standard InChI is InChI=1S/C28H35N7O3S/c1-27(2,3)22-12-10-19-25(32-22)35-16-18(15-28(35,4)5)9-11-21(20-13-14-29-17-30-20)31-23-7-6-8-24(33-23)39(37,38)34-26(19)36/h6-8,10,12-14,17-18,21H,9,11,15-16H2,1-5H3,(H,31,33)(H,34,36)/t18-,21-/m0/s1. The van der Waals surface area contributed by atoms with E-state index in [1.54, 1.807) is 30.5 Å². The monoisotopic (exact) mass is 549 g/mol. The number of amides is 1. The highest BCUT2D eigenvalue weighted by molar-refractivity contribution is 7.90. The van der Waals surface area contributed by atoms with Crippen LogP contribution in [0.5, 0.6) is 0 Å². The zero-order valence-corrected chi connectivity index (χ0v) is 23.8. The molecule has 39 heavy (non-hydrogen) atoms. The van der Waals surface area contributed by atoms with E-state index in [4.69, 9.17) is 4.98 Å². The molecule has 1 saturated heterocycles. The molecule has 10 nitrogen and oxygen atoms in total. The molecule has 2 N–H and O–H groups in total. The van der Waals surface area contributed by atoms with Crippen molar-refractivity contribution in [2.45, 2.75) is 75.9 Å². The molecule has 1 amide bonds. The van der Waals surface area contributed by atoms with Crippen LogP contribution >= 0.6 is 0 Å². The molecule has 1 fully saturated rings. The van der Waals surface area contributed by atoms with Gasteiger partial charge in [0.2, 0.25) is 0 Å². The number of carbonyl (C=O) groups is 1. The molecule has 206 valence electrons. The van der Waals surface area contributed by atoms with Gasteiger partial charge in [-0.15, -0.1) is 0 Å². The van der Waals surface area contributed by atoms with Gasteiger partial charge < -0.3 is 10.2 Å². The summed E-state index contributed by atoms with van der Waals surface area (Å²) in [7, 11) is -4.26. The van der Waals surface area contributed by atoms with Crippen LogP contribution in [0.3, 0.4) is 0 Å². The quantitative estimate of drug-likeness (QED) is 0.458. The molecule has 3 aromatic heterocycles. The fraction of sp³-hybridized carbons (Fsp3) is 0.464. The minimum absolute atomic E-state index is 0.201. The number of sulfonamides is 1. The maximum absolute atomic E-state index is 13.5. The largest absolute Gasteiger partial charge is 0.362 e. The van der Waals surface area contributed by atoms with E-state index < -0.39 is 15.9 Å². The molecule has 2 atom stereocenters. The number of pyridine rings is 2. The average Bonchev–Trinajstić information content (AvgIpc) is 3.19. The van der Waals surface area contributed by atoms with E-state index in [0.29, 0.717) is 24.1 Å². The number of fused-ring (bicyclic) bond motifs is 6. The summed E-state index contributed by atoms with van der Waals surface area (Å²) in [6.07, 6.45) is 5.74. The lowest BCUT2D eigenvalue weighted by molar-refractivity contribution is 0.0981. The number of carbonyl (C=O) groups excluding carboxylic acids is 1. The molecule has 0 radical (unpaired) electrons. The van der Waals surface area contributed by atoms with Crippen LogP contribution in [0.2, 0.25) is 0 Å². The van der Waals surface area contributed by atoms with E-state index in [2.05, 4.69) is 64.5 Å². The summed E-state index contributed by atoms with van der Waals surface area (Å²) in [5, 5.41) is 3.12. The lowest BCUT2D eigenvalue weighted by Crippen LogP contribution is -2.41. The number of nitrogens with one attached hydrogen (secondary N) is 2. The van der Waals surface area contributed by atoms with E-state index in [0.717, 1.165) is 30.7 Å². The number of hydrogen-bond acceptors (Lipinski definition) is 9. The Labute approximate surface area is 229 Å². The van der Waals surface area contributed by atoms with Crippen molar-refractivity contribution in [2.24, 2.45) is 5.92 Å². The smallest absolute Gasteiger partial charge is 0.281 e. The Kier molecular flexibility index (Phi) is 6.82. The lowest BCUT2D eigenvalue weighted by Gasteiger charge is -2.34. The molecule has 0 aromatic carbocycles. The van der Waals surface area contributed by atoms with Crippen LogP contribution in [-0.4, -0.2) is 46.3 Å². The molecule has 0 aliphatic carbocycles. The molecule has 3 aromatic rings. The molecule has 2 aliphatic heterocycles. The minimum atomic E-state index is -4.26. The summed E-state index contributed by atoms with van der Waals surface area (Å²) < 4.78 is 28.9. The molecule has 5 rings (SSSR count). The predicted molar refractivity (Wildman–Crippen MR) is 149 cm³/mol. The SMILES string of the molecule is CC(C)(C)c1ccc2c(n1)N1C[C@@H](CC[C@@H](c3ccncn3)Nc3cccc(n3)S(=O)(=O)NC2=O)CC1(C)C. The van der Waals surface area contributed by atoms with Gasteiger partial charge in [-0.3, -0.25) is 4.79 Å². The summed E-state index contributed by atoms with van der Waals surface area (Å²) in [6.45, 7) is 11.2. The Morgan fingerprint density at radius 1 is 1.05 bits per heavy atom. The maximum atomic E-state index is 13.5. The van der Waals surface area contributed by atoms with Gasteiger partial charge >= 0.3 is 0 Å². The molecule has 0 saturated carbocycles. The van der Waals surface area contributed by atoms with Gasteiger partial charge in [-0.25, -0.2) is 24.7 Å². The molecule has 5 heterocycles. The molecular weight excluding hydrogens is 514 g/mol. The van der Waals surface area contributed by atoms with E-state index in [1.807, 2.05) is 6.07 Å². The molecule has 4 bridgehead atoms. The van der Waals surface area contributed by atoms with Crippen molar-refractivity contribution in [1.29, 1.82) is 0 Å². The van der Waals surface area contributed by atoms with E-state index in [9.17, 15) is 13.2 Å². The first-order chi connectivity index (χ1) is 18.3. The fourth-order valence-corrected chi connectivity index (χ4v) is 6.39. The van der Waals surface area contributed by atoms with Gasteiger partial charge in [-0.05, 0) is 69.4 Å². The Bertz CT molecular complexity index is 1490. The second-order valence-corrected chi connectivity index (χ2v) is 13.6. The number of hydrogen-bond donors (Lipinski definition) is 2. The number of aromatic nitrogens is 4. The highest BCUT2D eigenvalue weighted by Gasteiger charge is 2.41. The van der Waals surface area contributed by atoms with Crippen LogP contribution < -0.4 is 14.9 Å². The molecule has 0 spiro atoms. The Hall–Kier alpha value is -3.60. The Balaban J connectivity index is 1.63. The second kappa shape index (κ2) is 9.86. The van der Waals surface area contributed by atoms with Crippen molar-refractivity contribution in [3.8, 4) is 0 Å². The first-order valence-electron chi connectivity index (χ1n) is 13.2. The third kappa shape index (κ3) is 5.59. The van der Waals surface area contributed by atoms with Crippen LogP contribution in [0, 0.1) is 5.92 Å². The van der Waals surface area contributed by atoms with Gasteiger partial charge in [0.15, 0.2) is 5.03 Å². The summed E-state index contributed by atoms with van der Waals surface area (Å²) in [5.74, 6) is 0.486. The first kappa shape index (κ1) is 27.0. The van der Waals surface area contributed by atoms with Gasteiger partial charge in [-0.2, -0.15) is 8.42 Å². The van der Waals surface area contributed by atoms with Crippen molar-refractivity contribution in [2.75, 3.05) is 16.8 Å². The normalized spacial score (nSPS) is 22.6. The van der Waals surface area contributed by atoms with Crippen molar-refractivity contribution in [1.82, 2.24) is 24.7 Å². The number of rotatable bonds is 1. The van der Waals surface area contributed by atoms with Crippen molar-refractivity contribution in [3.05, 3.63) is 65.9 Å². The van der Waals surface area contributed by atoms with E-state index in [1.165, 1.54) is 12.4 Å². The van der Waals surface area contributed by atoms with Crippen molar-refractivity contribution in [3.63, 3.8) is 0 Å². The summed E-state index contributed by atoms with van der Waals surface area (Å²) in [5.41, 5.74) is 1.31. The van der Waals surface area contributed by atoms with E-state index >= 15 is 0 Å². The third-order valence-corrected chi connectivity index (χ3v) is 8.71. The predicted octanol–water partition coefficient (Wildman–Crippen LogP) is 4.23. The Morgan fingerprint density at radius 3 is 2.56 bits per heavy atom. The maximum Gasteiger partial charge on any atom is 0.281 e. The fourth-order valence-electron chi connectivity index (χ4n) is 5.46. The molecule has 11 heteroatoms. The van der Waals surface area contributed by atoms with Crippen molar-refractivity contribution >= 4 is 27.6 Å². The number of anilines is 2. The summed E-state index contributed by atoms with van der Waals surface area (Å²) in [6, 6.07) is 9.82. The highest BCUT2D eigenvalue weighted by atomic mass is 32.2. The second-order valence-electron chi connectivity index (χ2n) is 12.0. The van der Waals surface area contributed by atoms with Gasteiger partial charge in [-0.1, -0.05) is 26.8 Å². The van der Waals surface area contributed by atoms with Gasteiger partial charge in [0.05, 0.1) is 17.3 Å². The zero-order chi connectivity index (χ0) is 28.0. The van der Waals surface area contributed by atoms with E-state index in [-0.39, 0.29) is 27.6 Å². The van der Waals surface area contributed by atoms with Crippen LogP contribution in [0.4, 0.5) is 11.6 Å². The van der Waals surface area contributed by atoms with Crippen LogP contribution in [0.1, 0.15) is 81.7 Å². The lowest BCUT2D eigenvalue weighted by atomic mass is 9.90. The van der Waals surface area contributed by atoms with Gasteiger partial charge in [0.25, 0.3) is 15.9 Å². The zero-order valence-electron chi connectivity index (χ0n) is 23.0. The van der Waals surface area contributed by atoms with Crippen molar-refractivity contribution < 1.29 is 13.2 Å². The van der Waals surface area contributed by atoms with Crippen LogP contribution in [0.15, 0.2) is 53.9 Å². The molecule has 2 aliphatic rings. The average molecular weight is 550 g/mol.